The predicted octanol–water partition coefficient (Wildman–Crippen LogP) is 3.19. The molecule has 3 aliphatic carbocycles. The first kappa shape index (κ1) is 22.3. The normalized spacial score (nSPS) is 33.7. The molecule has 2 fully saturated rings. The maximum Gasteiger partial charge on any atom is 0.303 e. The van der Waals surface area contributed by atoms with Gasteiger partial charge in [0.25, 0.3) is 0 Å². The molecule has 2 saturated carbocycles. The second-order valence-corrected chi connectivity index (χ2v) is 11.5. The largest absolute Gasteiger partial charge is 0.544 e. The fourth-order valence-electron chi connectivity index (χ4n) is 8.07. The molecule has 4 rings (SSSR count). The summed E-state index contributed by atoms with van der Waals surface area (Å²) in [6.45, 7) is 9.65. The van der Waals surface area contributed by atoms with Gasteiger partial charge in [0.2, 0.25) is 0 Å². The van der Waals surface area contributed by atoms with E-state index in [0.29, 0.717) is 23.2 Å². The minimum atomic E-state index is -1.14. The highest BCUT2D eigenvalue weighted by Gasteiger charge is 2.59. The topological polar surface area (TPSA) is 81.3 Å². The molecule has 1 aromatic heterocycles. The third kappa shape index (κ3) is 3.68. The number of carboxylic acid groups (broad SMARTS) is 2. The molecule has 0 amide bonds. The van der Waals surface area contributed by atoms with Gasteiger partial charge in [-0.15, -0.1) is 0 Å². The molecule has 1 heterocycles. The maximum atomic E-state index is 11.3. The molecule has 2 unspecified atom stereocenters. The smallest absolute Gasteiger partial charge is 0.303 e. The Kier molecular flexibility index (Phi) is 5.46. The van der Waals surface area contributed by atoms with Crippen molar-refractivity contribution in [2.24, 2.45) is 22.7 Å². The summed E-state index contributed by atoms with van der Waals surface area (Å²) in [5.41, 5.74) is 4.13. The van der Waals surface area contributed by atoms with Gasteiger partial charge in [-0.1, -0.05) is 34.1 Å². The Hall–Kier alpha value is -1.91. The van der Waals surface area contributed by atoms with E-state index in [2.05, 4.69) is 33.8 Å². The zero-order valence-corrected chi connectivity index (χ0v) is 19.5. The van der Waals surface area contributed by atoms with E-state index in [1.54, 1.807) is 4.57 Å². The Morgan fingerprint density at radius 2 is 1.87 bits per heavy atom. The minimum Gasteiger partial charge on any atom is -0.544 e. The van der Waals surface area contributed by atoms with Crippen LogP contribution in [-0.2, 0) is 34.4 Å². The number of aromatic nitrogens is 1. The predicted molar refractivity (Wildman–Crippen MR) is 115 cm³/mol. The number of rotatable bonds is 5. The van der Waals surface area contributed by atoms with Gasteiger partial charge in [-0.25, -0.2) is 0 Å². The highest BCUT2D eigenvalue weighted by Crippen LogP contribution is 2.66. The van der Waals surface area contributed by atoms with Crippen molar-refractivity contribution in [3.8, 4) is 0 Å². The van der Waals surface area contributed by atoms with E-state index >= 15 is 0 Å². The molecular formula is C26H37NO4. The molecule has 3 aliphatic rings. The van der Waals surface area contributed by atoms with Gasteiger partial charge in [-0.3, -0.25) is 4.79 Å². The molecule has 0 spiro atoms. The average molecular weight is 428 g/mol. The number of carbonyl (C=O) groups excluding carboxylic acids is 1. The Morgan fingerprint density at radius 3 is 2.55 bits per heavy atom. The van der Waals surface area contributed by atoms with E-state index in [1.807, 2.05) is 6.20 Å². The average Bonchev–Trinajstić information content (AvgIpc) is 2.65. The summed E-state index contributed by atoms with van der Waals surface area (Å²) < 4.78 is 1.71. The van der Waals surface area contributed by atoms with Crippen LogP contribution in [0.15, 0.2) is 12.3 Å². The summed E-state index contributed by atoms with van der Waals surface area (Å²) >= 11 is 0. The van der Waals surface area contributed by atoms with Crippen LogP contribution >= 0.6 is 0 Å². The van der Waals surface area contributed by atoms with Gasteiger partial charge in [0.1, 0.15) is 5.97 Å². The highest BCUT2D eigenvalue weighted by atomic mass is 16.4. The summed E-state index contributed by atoms with van der Waals surface area (Å²) in [6.07, 6.45) is 10.7. The molecule has 0 radical (unpaired) electrons. The third-order valence-corrected chi connectivity index (χ3v) is 9.34. The van der Waals surface area contributed by atoms with E-state index in [-0.39, 0.29) is 18.4 Å². The number of hydrogen-bond acceptors (Lipinski definition) is 3. The van der Waals surface area contributed by atoms with E-state index < -0.39 is 11.9 Å². The molecule has 5 heteroatoms. The first-order valence-corrected chi connectivity index (χ1v) is 11.9. The van der Waals surface area contributed by atoms with Gasteiger partial charge in [0.15, 0.2) is 18.4 Å². The van der Waals surface area contributed by atoms with E-state index in [0.717, 1.165) is 30.9 Å². The lowest BCUT2D eigenvalue weighted by molar-refractivity contribution is -0.698. The zero-order valence-electron chi connectivity index (χ0n) is 19.5. The minimum absolute atomic E-state index is 0.0000437. The van der Waals surface area contributed by atoms with E-state index in [1.165, 1.54) is 36.8 Å². The maximum absolute atomic E-state index is 11.3. The summed E-state index contributed by atoms with van der Waals surface area (Å²) in [5.74, 6) is -0.653. The molecule has 0 bridgehead atoms. The SMILES string of the molecule is CC1(C)CCC[C@@]2(C)C1CC[C@@]1(C)c3cc(CCC(=O)O)[n+](CC(=O)[O-])cc3CCC21. The summed E-state index contributed by atoms with van der Waals surface area (Å²) in [7, 11) is 0. The lowest BCUT2D eigenvalue weighted by Crippen LogP contribution is -2.58. The fourth-order valence-corrected chi connectivity index (χ4v) is 8.07. The van der Waals surface area contributed by atoms with Gasteiger partial charge >= 0.3 is 5.97 Å². The van der Waals surface area contributed by atoms with Crippen molar-refractivity contribution in [3.63, 3.8) is 0 Å². The molecule has 0 aliphatic heterocycles. The molecule has 0 aromatic carbocycles. The number of carboxylic acids is 2. The Balaban J connectivity index is 1.77. The summed E-state index contributed by atoms with van der Waals surface area (Å²) in [4.78, 5) is 22.5. The number of nitrogens with zero attached hydrogens (tertiary/aromatic N) is 1. The van der Waals surface area contributed by atoms with Gasteiger partial charge in [-0.2, -0.15) is 4.57 Å². The van der Waals surface area contributed by atoms with E-state index in [4.69, 9.17) is 0 Å². The molecule has 0 saturated heterocycles. The van der Waals surface area contributed by atoms with Gasteiger partial charge in [0.05, 0.1) is 6.42 Å². The van der Waals surface area contributed by atoms with Crippen LogP contribution in [0.5, 0.6) is 0 Å². The highest BCUT2D eigenvalue weighted by molar-refractivity contribution is 5.67. The van der Waals surface area contributed by atoms with Crippen molar-refractivity contribution in [1.29, 1.82) is 0 Å². The molecule has 1 N–H and O–H groups in total. The number of aryl methyl sites for hydroxylation is 2. The Morgan fingerprint density at radius 1 is 1.13 bits per heavy atom. The van der Waals surface area contributed by atoms with Crippen molar-refractivity contribution in [3.05, 3.63) is 29.1 Å². The molecular weight excluding hydrogens is 390 g/mol. The summed E-state index contributed by atoms with van der Waals surface area (Å²) in [5, 5.41) is 20.5. The quantitative estimate of drug-likeness (QED) is 0.732. The number of pyridine rings is 1. The van der Waals surface area contributed by atoms with Crippen LogP contribution in [0.4, 0.5) is 0 Å². The lowest BCUT2D eigenvalue weighted by Gasteiger charge is -2.64. The van der Waals surface area contributed by atoms with Gasteiger partial charge < -0.3 is 15.0 Å². The third-order valence-electron chi connectivity index (χ3n) is 9.34. The van der Waals surface area contributed by atoms with Crippen molar-refractivity contribution >= 4 is 11.9 Å². The standard InChI is InChI=1S/C26H37NO4/c1-24(2)11-5-12-26(4)20(24)10-13-25(3)19-14-18(7-9-22(28)29)27(16-23(30)31)15-17(19)6-8-21(25)26/h14-15,20-21H,5-13,16H2,1-4H3,(H-,28,29,30,31)/t20?,21?,25-,26-/m0/s1. The Labute approximate surface area is 185 Å². The van der Waals surface area contributed by atoms with Crippen LogP contribution < -0.4 is 9.67 Å². The first-order chi connectivity index (χ1) is 14.5. The van der Waals surface area contributed by atoms with Crippen LogP contribution in [0.2, 0.25) is 0 Å². The van der Waals surface area contributed by atoms with Crippen molar-refractivity contribution < 1.29 is 24.4 Å². The van der Waals surface area contributed by atoms with Crippen LogP contribution in [0.1, 0.15) is 89.5 Å². The van der Waals surface area contributed by atoms with Crippen molar-refractivity contribution in [1.82, 2.24) is 0 Å². The first-order valence-electron chi connectivity index (χ1n) is 11.9. The number of hydrogen-bond donors (Lipinski definition) is 1. The molecule has 31 heavy (non-hydrogen) atoms. The second-order valence-electron chi connectivity index (χ2n) is 11.5. The molecule has 170 valence electrons. The number of aliphatic carboxylic acids is 2. The van der Waals surface area contributed by atoms with Crippen LogP contribution in [-0.4, -0.2) is 17.0 Å². The number of carbonyl (C=O) groups is 2. The Bertz CT molecular complexity index is 907. The molecule has 1 aromatic rings. The van der Waals surface area contributed by atoms with Crippen molar-refractivity contribution in [2.45, 2.75) is 97.4 Å². The fraction of sp³-hybridized carbons (Fsp3) is 0.731. The monoisotopic (exact) mass is 427 g/mol. The van der Waals surface area contributed by atoms with E-state index in [9.17, 15) is 19.8 Å². The van der Waals surface area contributed by atoms with Crippen LogP contribution in [0, 0.1) is 22.7 Å². The second kappa shape index (κ2) is 7.60. The summed E-state index contributed by atoms with van der Waals surface area (Å²) in [6, 6.07) is 2.14. The molecule has 4 atom stereocenters. The van der Waals surface area contributed by atoms with Crippen LogP contribution in [0.25, 0.3) is 0 Å². The number of fused-ring (bicyclic) bond motifs is 5. The molecule has 5 nitrogen and oxygen atoms in total. The van der Waals surface area contributed by atoms with Gasteiger partial charge in [-0.05, 0) is 72.2 Å². The lowest BCUT2D eigenvalue weighted by atomic mass is 9.40. The zero-order chi connectivity index (χ0) is 22.6. The van der Waals surface area contributed by atoms with Crippen LogP contribution in [0.3, 0.4) is 0 Å². The van der Waals surface area contributed by atoms with Gasteiger partial charge in [0, 0.05) is 18.1 Å². The van der Waals surface area contributed by atoms with Crippen molar-refractivity contribution in [2.75, 3.05) is 0 Å².